The summed E-state index contributed by atoms with van der Waals surface area (Å²) >= 11 is 1.79. The molecule has 0 aliphatic carbocycles. The lowest BCUT2D eigenvalue weighted by Gasteiger charge is -2.30. The van der Waals surface area contributed by atoms with Crippen LogP contribution in [0.4, 0.5) is 0 Å². The zero-order chi connectivity index (χ0) is 12.3. The average molecular weight is 254 g/mol. The first-order chi connectivity index (χ1) is 8.24. The van der Waals surface area contributed by atoms with Gasteiger partial charge in [-0.2, -0.15) is 0 Å². The summed E-state index contributed by atoms with van der Waals surface area (Å²) in [4.78, 5) is 8.28. The van der Waals surface area contributed by atoms with E-state index in [0.29, 0.717) is 5.92 Å². The molecule has 1 N–H and O–H groups in total. The van der Waals surface area contributed by atoms with Gasteiger partial charge < -0.3 is 10.0 Å². The summed E-state index contributed by atoms with van der Waals surface area (Å²) in [5.74, 6) is 0.834. The number of aromatic nitrogens is 1. The second-order valence-corrected chi connectivity index (χ2v) is 6.01. The molecule has 1 fully saturated rings. The number of nitrogens with zero attached hydrogens (tertiary/aromatic N) is 2. The molecule has 1 aromatic heterocycles. The van der Waals surface area contributed by atoms with Gasteiger partial charge >= 0.3 is 0 Å². The van der Waals surface area contributed by atoms with E-state index in [1.807, 2.05) is 6.20 Å². The monoisotopic (exact) mass is 254 g/mol. The zero-order valence-corrected chi connectivity index (χ0v) is 11.5. The van der Waals surface area contributed by atoms with E-state index in [4.69, 9.17) is 5.11 Å². The second kappa shape index (κ2) is 5.94. The third kappa shape index (κ3) is 3.06. The molecule has 1 saturated heterocycles. The summed E-state index contributed by atoms with van der Waals surface area (Å²) in [5, 5.41) is 10.4. The number of aliphatic hydroxyl groups is 1. The van der Waals surface area contributed by atoms with Crippen LogP contribution in [0.3, 0.4) is 0 Å². The topological polar surface area (TPSA) is 36.4 Å². The summed E-state index contributed by atoms with van der Waals surface area (Å²) in [6.45, 7) is 8.02. The van der Waals surface area contributed by atoms with Crippen LogP contribution in [0.5, 0.6) is 0 Å². The maximum absolute atomic E-state index is 9.16. The highest BCUT2D eigenvalue weighted by atomic mass is 32.1. The van der Waals surface area contributed by atoms with Gasteiger partial charge in [-0.3, -0.25) is 0 Å². The molecule has 1 aliphatic rings. The molecular weight excluding hydrogens is 232 g/mol. The standard InChI is InChI=1S/C13H22N2OS/c1-3-15-6-4-5-11(8-15)13-14-7-12(17-13)10(2)9-16/h7,10-11,16H,3-6,8-9H2,1-2H3. The quantitative estimate of drug-likeness (QED) is 0.896. The van der Waals surface area contributed by atoms with Crippen LogP contribution in [0.1, 0.15) is 48.4 Å². The number of aliphatic hydroxyl groups excluding tert-OH is 1. The van der Waals surface area contributed by atoms with Crippen molar-refractivity contribution < 1.29 is 5.11 Å². The number of likely N-dealkylation sites (N-methyl/N-ethyl adjacent to an activating group) is 1. The molecule has 0 aromatic carbocycles. The van der Waals surface area contributed by atoms with Crippen molar-refractivity contribution in [2.24, 2.45) is 0 Å². The minimum Gasteiger partial charge on any atom is -0.396 e. The van der Waals surface area contributed by atoms with Gasteiger partial charge in [0.05, 0.1) is 11.6 Å². The molecule has 0 amide bonds. The Labute approximate surface area is 107 Å². The molecule has 1 aromatic rings. The van der Waals surface area contributed by atoms with E-state index in [2.05, 4.69) is 23.7 Å². The average Bonchev–Trinajstić information content (AvgIpc) is 2.87. The van der Waals surface area contributed by atoms with E-state index in [1.165, 1.54) is 29.3 Å². The van der Waals surface area contributed by atoms with Crippen molar-refractivity contribution >= 4 is 11.3 Å². The molecule has 2 atom stereocenters. The predicted octanol–water partition coefficient (Wildman–Crippen LogP) is 2.44. The van der Waals surface area contributed by atoms with Gasteiger partial charge in [0.25, 0.3) is 0 Å². The lowest BCUT2D eigenvalue weighted by atomic mass is 9.99. The number of hydrogen-bond donors (Lipinski definition) is 1. The Hall–Kier alpha value is -0.450. The van der Waals surface area contributed by atoms with E-state index in [1.54, 1.807) is 11.3 Å². The molecule has 2 heterocycles. The molecular formula is C13H22N2OS. The number of thiazole rings is 1. The molecule has 0 spiro atoms. The molecule has 1 aliphatic heterocycles. The summed E-state index contributed by atoms with van der Waals surface area (Å²) < 4.78 is 0. The van der Waals surface area contributed by atoms with Crippen LogP contribution in [0, 0.1) is 0 Å². The lowest BCUT2D eigenvalue weighted by molar-refractivity contribution is 0.218. The van der Waals surface area contributed by atoms with E-state index in [0.717, 1.165) is 13.1 Å². The number of rotatable bonds is 4. The first kappa shape index (κ1) is 13.0. The molecule has 4 heteroatoms. The Morgan fingerprint density at radius 1 is 1.65 bits per heavy atom. The third-order valence-electron chi connectivity index (χ3n) is 3.60. The van der Waals surface area contributed by atoms with Crippen LogP contribution in [0.2, 0.25) is 0 Å². The molecule has 0 bridgehead atoms. The molecule has 96 valence electrons. The van der Waals surface area contributed by atoms with Gasteiger partial charge in [0.1, 0.15) is 0 Å². The van der Waals surface area contributed by atoms with Crippen LogP contribution >= 0.6 is 11.3 Å². The van der Waals surface area contributed by atoms with E-state index < -0.39 is 0 Å². The first-order valence-corrected chi connectivity index (χ1v) is 7.35. The van der Waals surface area contributed by atoms with Gasteiger partial charge in [0.15, 0.2) is 0 Å². The van der Waals surface area contributed by atoms with E-state index >= 15 is 0 Å². The second-order valence-electron chi connectivity index (χ2n) is 4.92. The molecule has 17 heavy (non-hydrogen) atoms. The van der Waals surface area contributed by atoms with Crippen LogP contribution in [0.15, 0.2) is 6.20 Å². The summed E-state index contributed by atoms with van der Waals surface area (Å²) in [5.41, 5.74) is 0. The fourth-order valence-corrected chi connectivity index (χ4v) is 3.44. The lowest BCUT2D eigenvalue weighted by Crippen LogP contribution is -2.33. The smallest absolute Gasteiger partial charge is 0.0971 e. The highest BCUT2D eigenvalue weighted by Gasteiger charge is 2.23. The van der Waals surface area contributed by atoms with Crippen LogP contribution < -0.4 is 0 Å². The highest BCUT2D eigenvalue weighted by Crippen LogP contribution is 2.32. The minimum atomic E-state index is 0.216. The Morgan fingerprint density at radius 3 is 3.18 bits per heavy atom. The molecule has 3 nitrogen and oxygen atoms in total. The van der Waals surface area contributed by atoms with Gasteiger partial charge in [0.2, 0.25) is 0 Å². The van der Waals surface area contributed by atoms with Crippen molar-refractivity contribution in [3.05, 3.63) is 16.1 Å². The van der Waals surface area contributed by atoms with Crippen molar-refractivity contribution in [3.63, 3.8) is 0 Å². The van der Waals surface area contributed by atoms with Crippen molar-refractivity contribution in [1.29, 1.82) is 0 Å². The summed E-state index contributed by atoms with van der Waals surface area (Å²) in [6.07, 6.45) is 4.49. The van der Waals surface area contributed by atoms with Gasteiger partial charge in [-0.15, -0.1) is 11.3 Å². The van der Waals surface area contributed by atoms with Crippen molar-refractivity contribution in [2.75, 3.05) is 26.2 Å². The third-order valence-corrected chi connectivity index (χ3v) is 4.99. The highest BCUT2D eigenvalue weighted by molar-refractivity contribution is 7.11. The van der Waals surface area contributed by atoms with Crippen molar-refractivity contribution in [2.45, 2.75) is 38.5 Å². The van der Waals surface area contributed by atoms with Crippen LogP contribution in [-0.2, 0) is 0 Å². The largest absolute Gasteiger partial charge is 0.396 e. The summed E-state index contributed by atoms with van der Waals surface area (Å²) in [6, 6.07) is 0. The number of likely N-dealkylation sites (tertiary alicyclic amines) is 1. The fraction of sp³-hybridized carbons (Fsp3) is 0.769. The molecule has 2 unspecified atom stereocenters. The molecule has 0 radical (unpaired) electrons. The Morgan fingerprint density at radius 2 is 2.47 bits per heavy atom. The van der Waals surface area contributed by atoms with Gasteiger partial charge in [-0.25, -0.2) is 4.98 Å². The Kier molecular flexibility index (Phi) is 4.54. The normalized spacial score (nSPS) is 23.8. The Bertz CT molecular complexity index is 353. The number of hydrogen-bond acceptors (Lipinski definition) is 4. The maximum Gasteiger partial charge on any atom is 0.0971 e. The maximum atomic E-state index is 9.16. The zero-order valence-electron chi connectivity index (χ0n) is 10.7. The predicted molar refractivity (Wildman–Crippen MR) is 71.7 cm³/mol. The summed E-state index contributed by atoms with van der Waals surface area (Å²) in [7, 11) is 0. The van der Waals surface area contributed by atoms with Gasteiger partial charge in [-0.1, -0.05) is 13.8 Å². The number of piperidine rings is 1. The van der Waals surface area contributed by atoms with Gasteiger partial charge in [-0.05, 0) is 25.9 Å². The van der Waals surface area contributed by atoms with Crippen molar-refractivity contribution in [3.8, 4) is 0 Å². The van der Waals surface area contributed by atoms with Gasteiger partial charge in [0, 0.05) is 29.5 Å². The van der Waals surface area contributed by atoms with E-state index in [-0.39, 0.29) is 12.5 Å². The molecule has 2 rings (SSSR count). The van der Waals surface area contributed by atoms with E-state index in [9.17, 15) is 0 Å². The van der Waals surface area contributed by atoms with Crippen LogP contribution in [-0.4, -0.2) is 41.2 Å². The Balaban J connectivity index is 2.04. The SMILES string of the molecule is CCN1CCCC(c2ncc(C(C)CO)s2)C1. The minimum absolute atomic E-state index is 0.216. The van der Waals surface area contributed by atoms with Crippen LogP contribution in [0.25, 0.3) is 0 Å². The fourth-order valence-electron chi connectivity index (χ4n) is 2.35. The van der Waals surface area contributed by atoms with Crippen molar-refractivity contribution in [1.82, 2.24) is 9.88 Å². The first-order valence-electron chi connectivity index (χ1n) is 6.53. The molecule has 0 saturated carbocycles.